The molecule has 7 nitrogen and oxygen atoms in total. The zero-order valence-corrected chi connectivity index (χ0v) is 10.3. The van der Waals surface area contributed by atoms with Crippen LogP contribution in [0.3, 0.4) is 0 Å². The van der Waals surface area contributed by atoms with E-state index in [2.05, 4.69) is 5.32 Å². The maximum atomic E-state index is 11.9. The molecule has 0 spiro atoms. The Bertz CT molecular complexity index is 353. The second kappa shape index (κ2) is 6.81. The molecule has 2 unspecified atom stereocenters. The van der Waals surface area contributed by atoms with E-state index in [1.807, 2.05) is 6.07 Å². The van der Waals surface area contributed by atoms with Gasteiger partial charge in [-0.2, -0.15) is 5.26 Å². The van der Waals surface area contributed by atoms with Gasteiger partial charge in [-0.1, -0.05) is 0 Å². The Balaban J connectivity index is 2.52. The van der Waals surface area contributed by atoms with Crippen LogP contribution in [0.25, 0.3) is 0 Å². The van der Waals surface area contributed by atoms with Gasteiger partial charge >= 0.3 is 12.0 Å². The van der Waals surface area contributed by atoms with Gasteiger partial charge in [-0.05, 0) is 6.92 Å². The number of hydrogen-bond donors (Lipinski definition) is 2. The lowest BCUT2D eigenvalue weighted by Gasteiger charge is -2.23. The predicted molar refractivity (Wildman–Crippen MR) is 61.7 cm³/mol. The average molecular weight is 255 g/mol. The quantitative estimate of drug-likeness (QED) is 0.721. The van der Waals surface area contributed by atoms with Gasteiger partial charge in [0.25, 0.3) is 0 Å². The maximum Gasteiger partial charge on any atom is 0.317 e. The first kappa shape index (κ1) is 14.3. The van der Waals surface area contributed by atoms with Crippen LogP contribution < -0.4 is 5.32 Å². The number of carbonyl (C=O) groups is 2. The minimum absolute atomic E-state index is 0.116. The Kier molecular flexibility index (Phi) is 5.39. The average Bonchev–Trinajstić information content (AvgIpc) is 2.78. The highest BCUT2D eigenvalue weighted by Crippen LogP contribution is 2.14. The number of nitrogens with zero attached hydrogens (tertiary/aromatic N) is 2. The molecule has 0 aromatic heterocycles. The highest BCUT2D eigenvalue weighted by molar-refractivity contribution is 5.77. The molecule has 0 bridgehead atoms. The number of nitrogens with one attached hydrogen (secondary N) is 1. The van der Waals surface area contributed by atoms with Crippen molar-refractivity contribution in [1.29, 1.82) is 5.26 Å². The van der Waals surface area contributed by atoms with E-state index < -0.39 is 17.9 Å². The van der Waals surface area contributed by atoms with Crippen LogP contribution in [0.15, 0.2) is 0 Å². The van der Waals surface area contributed by atoms with Gasteiger partial charge in [0.15, 0.2) is 0 Å². The van der Waals surface area contributed by atoms with Crippen LogP contribution in [0.5, 0.6) is 0 Å². The van der Waals surface area contributed by atoms with Crippen molar-refractivity contribution in [3.63, 3.8) is 0 Å². The minimum atomic E-state index is -0.974. The van der Waals surface area contributed by atoms with Crippen LogP contribution >= 0.6 is 0 Å². The monoisotopic (exact) mass is 255 g/mol. The molecule has 0 aliphatic carbocycles. The summed E-state index contributed by atoms with van der Waals surface area (Å²) >= 11 is 0. The van der Waals surface area contributed by atoms with Crippen molar-refractivity contribution in [2.24, 2.45) is 5.92 Å². The second-order valence-electron chi connectivity index (χ2n) is 4.03. The first-order chi connectivity index (χ1) is 8.60. The van der Waals surface area contributed by atoms with E-state index in [4.69, 9.17) is 15.1 Å². The van der Waals surface area contributed by atoms with Crippen molar-refractivity contribution in [1.82, 2.24) is 10.2 Å². The third-order valence-electron chi connectivity index (χ3n) is 2.87. The molecule has 0 saturated carbocycles. The summed E-state index contributed by atoms with van der Waals surface area (Å²) < 4.78 is 5.06. The standard InChI is InChI=1S/C11H17N3O4/c1-2-14(5-3-4-12)11(17)13-9-7-18-6-8(9)10(15)16/h8-9H,2-3,5-7H2,1H3,(H,13,17)(H,15,16). The van der Waals surface area contributed by atoms with Gasteiger partial charge in [0.2, 0.25) is 0 Å². The molecule has 2 amide bonds. The number of carboxylic acids is 1. The molecule has 1 heterocycles. The van der Waals surface area contributed by atoms with Crippen LogP contribution in [-0.4, -0.2) is 54.4 Å². The molecule has 0 aromatic carbocycles. The molecule has 0 aromatic rings. The number of hydrogen-bond acceptors (Lipinski definition) is 4. The highest BCUT2D eigenvalue weighted by Gasteiger charge is 2.35. The lowest BCUT2D eigenvalue weighted by Crippen LogP contribution is -2.49. The van der Waals surface area contributed by atoms with Crippen molar-refractivity contribution in [3.8, 4) is 6.07 Å². The number of nitriles is 1. The SMILES string of the molecule is CCN(CCC#N)C(=O)NC1COCC1C(=O)O. The van der Waals surface area contributed by atoms with Crippen molar-refractivity contribution in [2.45, 2.75) is 19.4 Å². The van der Waals surface area contributed by atoms with E-state index in [9.17, 15) is 9.59 Å². The van der Waals surface area contributed by atoms with E-state index in [-0.39, 0.29) is 25.7 Å². The third-order valence-corrected chi connectivity index (χ3v) is 2.87. The van der Waals surface area contributed by atoms with Gasteiger partial charge in [0.1, 0.15) is 5.92 Å². The van der Waals surface area contributed by atoms with Crippen molar-refractivity contribution in [2.75, 3.05) is 26.3 Å². The van der Waals surface area contributed by atoms with E-state index in [0.29, 0.717) is 13.1 Å². The fourth-order valence-electron chi connectivity index (χ4n) is 1.78. The Morgan fingerprint density at radius 2 is 2.28 bits per heavy atom. The predicted octanol–water partition coefficient (Wildman–Crippen LogP) is 0.0312. The van der Waals surface area contributed by atoms with Gasteiger partial charge in [-0.25, -0.2) is 4.79 Å². The maximum absolute atomic E-state index is 11.9. The summed E-state index contributed by atoms with van der Waals surface area (Å²) in [6.07, 6.45) is 0.255. The van der Waals surface area contributed by atoms with Gasteiger partial charge in [0.05, 0.1) is 31.7 Å². The molecular weight excluding hydrogens is 238 g/mol. The summed E-state index contributed by atoms with van der Waals surface area (Å²) in [7, 11) is 0. The van der Waals surface area contributed by atoms with Crippen LogP contribution in [0.4, 0.5) is 4.79 Å². The summed E-state index contributed by atoms with van der Waals surface area (Å²) in [6.45, 7) is 2.93. The van der Waals surface area contributed by atoms with Crippen LogP contribution in [0.2, 0.25) is 0 Å². The Hall–Kier alpha value is -1.81. The Morgan fingerprint density at radius 1 is 1.56 bits per heavy atom. The van der Waals surface area contributed by atoms with Gasteiger partial charge < -0.3 is 20.1 Å². The molecular formula is C11H17N3O4. The first-order valence-corrected chi connectivity index (χ1v) is 5.83. The van der Waals surface area contributed by atoms with E-state index in [0.717, 1.165) is 0 Å². The molecule has 2 atom stereocenters. The van der Waals surface area contributed by atoms with E-state index in [1.165, 1.54) is 4.90 Å². The van der Waals surface area contributed by atoms with Crippen molar-refractivity contribution in [3.05, 3.63) is 0 Å². The number of carboxylic acid groups (broad SMARTS) is 1. The van der Waals surface area contributed by atoms with Gasteiger partial charge in [-0.3, -0.25) is 4.79 Å². The van der Waals surface area contributed by atoms with Crippen LogP contribution in [0.1, 0.15) is 13.3 Å². The smallest absolute Gasteiger partial charge is 0.317 e. The second-order valence-corrected chi connectivity index (χ2v) is 4.03. The fraction of sp³-hybridized carbons (Fsp3) is 0.727. The third kappa shape index (κ3) is 3.60. The normalized spacial score (nSPS) is 22.2. The molecule has 2 N–H and O–H groups in total. The van der Waals surface area contributed by atoms with E-state index >= 15 is 0 Å². The fourth-order valence-corrected chi connectivity index (χ4v) is 1.78. The molecule has 100 valence electrons. The number of carbonyl (C=O) groups excluding carboxylic acids is 1. The van der Waals surface area contributed by atoms with Crippen molar-refractivity contribution < 1.29 is 19.4 Å². The number of amides is 2. The molecule has 1 saturated heterocycles. The molecule has 1 fully saturated rings. The summed E-state index contributed by atoms with van der Waals surface area (Å²) in [5, 5.41) is 20.1. The lowest BCUT2D eigenvalue weighted by molar-refractivity contribution is -0.142. The molecule has 1 aliphatic rings. The van der Waals surface area contributed by atoms with E-state index in [1.54, 1.807) is 6.92 Å². The lowest BCUT2D eigenvalue weighted by atomic mass is 10.0. The number of urea groups is 1. The molecule has 7 heteroatoms. The molecule has 1 rings (SSSR count). The molecule has 0 radical (unpaired) electrons. The Labute approximate surface area is 105 Å². The summed E-state index contributed by atoms with van der Waals surface area (Å²) in [4.78, 5) is 24.3. The first-order valence-electron chi connectivity index (χ1n) is 5.83. The number of aliphatic carboxylic acids is 1. The largest absolute Gasteiger partial charge is 0.481 e. The van der Waals surface area contributed by atoms with Gasteiger partial charge in [-0.15, -0.1) is 0 Å². The zero-order chi connectivity index (χ0) is 13.5. The highest BCUT2D eigenvalue weighted by atomic mass is 16.5. The van der Waals surface area contributed by atoms with Crippen molar-refractivity contribution >= 4 is 12.0 Å². The topological polar surface area (TPSA) is 103 Å². The minimum Gasteiger partial charge on any atom is -0.481 e. The summed E-state index contributed by atoms with van der Waals surface area (Å²) in [5.74, 6) is -1.68. The van der Waals surface area contributed by atoms with Gasteiger partial charge in [0, 0.05) is 13.1 Å². The number of ether oxygens (including phenoxy) is 1. The van der Waals surface area contributed by atoms with Crippen LogP contribution in [-0.2, 0) is 9.53 Å². The Morgan fingerprint density at radius 3 is 2.83 bits per heavy atom. The summed E-state index contributed by atoms with van der Waals surface area (Å²) in [6, 6.07) is 1.11. The van der Waals surface area contributed by atoms with Crippen LogP contribution in [0, 0.1) is 17.2 Å². The number of rotatable bonds is 5. The summed E-state index contributed by atoms with van der Waals surface area (Å²) in [5.41, 5.74) is 0. The molecule has 1 aliphatic heterocycles. The molecule has 18 heavy (non-hydrogen) atoms. The zero-order valence-electron chi connectivity index (χ0n) is 10.3.